The Kier molecular flexibility index (Phi) is 4.53. The number of hydrogen-bond donors (Lipinski definition) is 2. The minimum Gasteiger partial charge on any atom is -0.449 e. The lowest BCUT2D eigenvalue weighted by Crippen LogP contribution is -2.30. The Morgan fingerprint density at radius 2 is 1.94 bits per heavy atom. The van der Waals surface area contributed by atoms with Crippen LogP contribution in [0.2, 0.25) is 0 Å². The molecule has 92 valence electrons. The first kappa shape index (κ1) is 14.0. The predicted molar refractivity (Wildman–Crippen MR) is 70.3 cm³/mol. The number of amides is 1. The molecule has 0 aliphatic heterocycles. The molecule has 1 atom stereocenters. The number of primary amides is 1. The number of nitrogen functional groups attached to an aromatic ring is 1. The van der Waals surface area contributed by atoms with Gasteiger partial charge >= 0.3 is 5.97 Å². The van der Waals surface area contributed by atoms with E-state index in [1.165, 1.54) is 13.0 Å². The SMILES string of the molecule is C[C@@H](OC(=O)c1cc(Br)cc(Br)c1N)C(N)=O. The van der Waals surface area contributed by atoms with Crippen LogP contribution in [0.1, 0.15) is 17.3 Å². The van der Waals surface area contributed by atoms with E-state index in [9.17, 15) is 9.59 Å². The third-order valence-electron chi connectivity index (χ3n) is 2.00. The van der Waals surface area contributed by atoms with Crippen LogP contribution in [0.5, 0.6) is 0 Å². The second-order valence-corrected chi connectivity index (χ2v) is 5.07. The fourth-order valence-corrected chi connectivity index (χ4v) is 2.26. The summed E-state index contributed by atoms with van der Waals surface area (Å²) in [4.78, 5) is 22.5. The normalized spacial score (nSPS) is 11.9. The Hall–Kier alpha value is -1.08. The maximum Gasteiger partial charge on any atom is 0.341 e. The summed E-state index contributed by atoms with van der Waals surface area (Å²) in [5.41, 5.74) is 11.1. The Morgan fingerprint density at radius 3 is 2.47 bits per heavy atom. The number of nitrogens with two attached hydrogens (primary N) is 2. The molecule has 0 aliphatic carbocycles. The molecule has 0 saturated carbocycles. The van der Waals surface area contributed by atoms with Gasteiger partial charge in [-0.2, -0.15) is 0 Å². The molecule has 0 bridgehead atoms. The lowest BCUT2D eigenvalue weighted by Gasteiger charge is -2.12. The molecule has 1 aromatic carbocycles. The van der Waals surface area contributed by atoms with Crippen LogP contribution < -0.4 is 11.5 Å². The molecule has 7 heteroatoms. The third kappa shape index (κ3) is 3.44. The Bertz CT molecular complexity index is 477. The smallest absolute Gasteiger partial charge is 0.341 e. The van der Waals surface area contributed by atoms with Gasteiger partial charge in [0.2, 0.25) is 0 Å². The number of rotatable bonds is 3. The molecule has 0 radical (unpaired) electrons. The van der Waals surface area contributed by atoms with Crippen molar-refractivity contribution >= 4 is 49.4 Å². The van der Waals surface area contributed by atoms with Gasteiger partial charge in [-0.15, -0.1) is 0 Å². The van der Waals surface area contributed by atoms with E-state index in [2.05, 4.69) is 31.9 Å². The van der Waals surface area contributed by atoms with Gasteiger partial charge in [0.15, 0.2) is 6.10 Å². The van der Waals surface area contributed by atoms with Crippen molar-refractivity contribution in [2.75, 3.05) is 5.73 Å². The van der Waals surface area contributed by atoms with Crippen molar-refractivity contribution in [3.05, 3.63) is 26.6 Å². The minimum atomic E-state index is -1.00. The molecule has 0 saturated heterocycles. The van der Waals surface area contributed by atoms with Gasteiger partial charge in [0.1, 0.15) is 0 Å². The quantitative estimate of drug-likeness (QED) is 0.630. The van der Waals surface area contributed by atoms with E-state index in [-0.39, 0.29) is 11.3 Å². The molecular formula is C10H10Br2N2O3. The summed E-state index contributed by atoms with van der Waals surface area (Å²) in [6.07, 6.45) is -1.00. The van der Waals surface area contributed by atoms with Crippen molar-refractivity contribution in [1.29, 1.82) is 0 Å². The number of carbonyl (C=O) groups excluding carboxylic acids is 2. The van der Waals surface area contributed by atoms with Gasteiger partial charge in [0.05, 0.1) is 11.3 Å². The zero-order valence-corrected chi connectivity index (χ0v) is 12.0. The summed E-state index contributed by atoms with van der Waals surface area (Å²) in [5, 5.41) is 0. The molecule has 0 aliphatic rings. The van der Waals surface area contributed by atoms with Gasteiger partial charge in [0.25, 0.3) is 5.91 Å². The standard InChI is InChI=1S/C10H10Br2N2O3/c1-4(9(14)15)17-10(16)6-2-5(11)3-7(12)8(6)13/h2-4H,13H2,1H3,(H2,14,15)/t4-/m1/s1. The van der Waals surface area contributed by atoms with Crippen LogP contribution in [0.4, 0.5) is 5.69 Å². The van der Waals surface area contributed by atoms with Crippen molar-refractivity contribution in [3.8, 4) is 0 Å². The molecule has 0 unspecified atom stereocenters. The lowest BCUT2D eigenvalue weighted by atomic mass is 10.2. The summed E-state index contributed by atoms with van der Waals surface area (Å²) >= 11 is 6.43. The fraction of sp³-hybridized carbons (Fsp3) is 0.200. The highest BCUT2D eigenvalue weighted by Crippen LogP contribution is 2.28. The first-order chi connectivity index (χ1) is 7.82. The van der Waals surface area contributed by atoms with E-state index in [1.54, 1.807) is 6.07 Å². The summed E-state index contributed by atoms with van der Waals surface area (Å²) in [6.45, 7) is 1.39. The van der Waals surface area contributed by atoms with Crippen LogP contribution in [0.25, 0.3) is 0 Å². The van der Waals surface area contributed by atoms with E-state index in [4.69, 9.17) is 16.2 Å². The van der Waals surface area contributed by atoms with Crippen LogP contribution in [0, 0.1) is 0 Å². The Balaban J connectivity index is 3.01. The van der Waals surface area contributed by atoms with E-state index in [0.29, 0.717) is 8.95 Å². The number of esters is 1. The maximum atomic E-state index is 11.7. The summed E-state index contributed by atoms with van der Waals surface area (Å²) in [6, 6.07) is 3.21. The third-order valence-corrected chi connectivity index (χ3v) is 3.11. The van der Waals surface area contributed by atoms with Crippen molar-refractivity contribution in [2.45, 2.75) is 13.0 Å². The first-order valence-electron chi connectivity index (χ1n) is 4.57. The zero-order chi connectivity index (χ0) is 13.2. The van der Waals surface area contributed by atoms with Crippen molar-refractivity contribution in [3.63, 3.8) is 0 Å². The monoisotopic (exact) mass is 364 g/mol. The molecule has 0 spiro atoms. The first-order valence-corrected chi connectivity index (χ1v) is 6.16. The van der Waals surface area contributed by atoms with Crippen LogP contribution in [0.15, 0.2) is 21.1 Å². The van der Waals surface area contributed by atoms with Gasteiger partial charge in [-0.1, -0.05) is 15.9 Å². The van der Waals surface area contributed by atoms with Crippen molar-refractivity contribution in [1.82, 2.24) is 0 Å². The molecular weight excluding hydrogens is 356 g/mol. The topological polar surface area (TPSA) is 95.4 Å². The molecule has 0 fully saturated rings. The number of halogens is 2. The second-order valence-electron chi connectivity index (χ2n) is 3.30. The van der Waals surface area contributed by atoms with Gasteiger partial charge in [0, 0.05) is 8.95 Å². The van der Waals surface area contributed by atoms with E-state index in [1.807, 2.05) is 0 Å². The predicted octanol–water partition coefficient (Wildman–Crippen LogP) is 1.82. The number of anilines is 1. The summed E-state index contributed by atoms with van der Waals surface area (Å²) in [5.74, 6) is -1.42. The molecule has 1 rings (SSSR count). The number of carbonyl (C=O) groups is 2. The largest absolute Gasteiger partial charge is 0.449 e. The van der Waals surface area contributed by atoms with Gasteiger partial charge < -0.3 is 16.2 Å². The van der Waals surface area contributed by atoms with E-state index in [0.717, 1.165) is 0 Å². The van der Waals surface area contributed by atoms with Gasteiger partial charge in [-0.05, 0) is 35.0 Å². The van der Waals surface area contributed by atoms with Gasteiger partial charge in [-0.3, -0.25) is 4.79 Å². The van der Waals surface area contributed by atoms with Gasteiger partial charge in [-0.25, -0.2) is 4.79 Å². The van der Waals surface area contributed by atoms with Crippen LogP contribution >= 0.6 is 31.9 Å². The maximum absolute atomic E-state index is 11.7. The zero-order valence-electron chi connectivity index (χ0n) is 8.87. The molecule has 5 nitrogen and oxygen atoms in total. The number of ether oxygens (including phenoxy) is 1. The number of benzene rings is 1. The molecule has 17 heavy (non-hydrogen) atoms. The second kappa shape index (κ2) is 5.50. The van der Waals surface area contributed by atoms with Crippen molar-refractivity contribution in [2.24, 2.45) is 5.73 Å². The molecule has 4 N–H and O–H groups in total. The number of hydrogen-bond acceptors (Lipinski definition) is 4. The lowest BCUT2D eigenvalue weighted by molar-refractivity contribution is -0.125. The summed E-state index contributed by atoms with van der Waals surface area (Å²) < 4.78 is 6.08. The highest BCUT2D eigenvalue weighted by Gasteiger charge is 2.19. The van der Waals surface area contributed by atoms with E-state index < -0.39 is 18.0 Å². The molecule has 1 amide bonds. The van der Waals surface area contributed by atoms with Crippen molar-refractivity contribution < 1.29 is 14.3 Å². The van der Waals surface area contributed by atoms with Crippen LogP contribution in [-0.4, -0.2) is 18.0 Å². The molecule has 0 aromatic heterocycles. The average molecular weight is 366 g/mol. The molecule has 1 aromatic rings. The molecule has 0 heterocycles. The Morgan fingerprint density at radius 1 is 1.35 bits per heavy atom. The highest BCUT2D eigenvalue weighted by molar-refractivity contribution is 9.11. The summed E-state index contributed by atoms with van der Waals surface area (Å²) in [7, 11) is 0. The fourth-order valence-electron chi connectivity index (χ4n) is 1.04. The van der Waals surface area contributed by atoms with Crippen LogP contribution in [0.3, 0.4) is 0 Å². The van der Waals surface area contributed by atoms with Crippen LogP contribution in [-0.2, 0) is 9.53 Å². The highest BCUT2D eigenvalue weighted by atomic mass is 79.9. The Labute approximate surface area is 115 Å². The average Bonchev–Trinajstić information content (AvgIpc) is 2.22. The minimum absolute atomic E-state index is 0.166. The van der Waals surface area contributed by atoms with E-state index >= 15 is 0 Å².